The molecule has 1 aliphatic rings. The fourth-order valence-electron chi connectivity index (χ4n) is 2.66. The van der Waals surface area contributed by atoms with Gasteiger partial charge in [0.05, 0.1) is 0 Å². The highest BCUT2D eigenvalue weighted by Gasteiger charge is 2.34. The van der Waals surface area contributed by atoms with Crippen LogP contribution in [-0.4, -0.2) is 29.3 Å². The van der Waals surface area contributed by atoms with Crippen molar-refractivity contribution in [2.45, 2.75) is 38.4 Å². The summed E-state index contributed by atoms with van der Waals surface area (Å²) < 4.78 is 37.4. The highest BCUT2D eigenvalue weighted by Crippen LogP contribution is 2.30. The van der Waals surface area contributed by atoms with Crippen LogP contribution >= 0.6 is 0 Å². The number of halogens is 3. The normalized spacial score (nSPS) is 23.9. The van der Waals surface area contributed by atoms with Gasteiger partial charge in [0.2, 0.25) is 0 Å². The van der Waals surface area contributed by atoms with Crippen molar-refractivity contribution < 1.29 is 13.2 Å². The van der Waals surface area contributed by atoms with E-state index in [9.17, 15) is 13.2 Å². The maximum atomic E-state index is 12.5. The molecule has 0 saturated carbocycles. The molecule has 0 aliphatic carbocycles. The Labute approximate surface area is 116 Å². The first-order valence-corrected chi connectivity index (χ1v) is 6.83. The van der Waals surface area contributed by atoms with Gasteiger partial charge in [-0.05, 0) is 30.9 Å². The topological polar surface area (TPSA) is 55.0 Å². The molecule has 2 atom stereocenters. The number of anilines is 1. The largest absolute Gasteiger partial charge is 0.435 e. The molecule has 2 heterocycles. The van der Waals surface area contributed by atoms with Crippen molar-refractivity contribution in [3.63, 3.8) is 0 Å². The summed E-state index contributed by atoms with van der Waals surface area (Å²) in [4.78, 5) is 1.97. The number of nitrogens with two attached hydrogens (primary N) is 1. The molecule has 1 aromatic heterocycles. The highest BCUT2D eigenvalue weighted by molar-refractivity contribution is 5.40. The second-order valence-corrected chi connectivity index (χ2v) is 5.16. The van der Waals surface area contributed by atoms with E-state index in [0.717, 1.165) is 31.9 Å². The zero-order valence-corrected chi connectivity index (χ0v) is 11.4. The van der Waals surface area contributed by atoms with Gasteiger partial charge in [-0.3, -0.25) is 0 Å². The molecule has 0 spiro atoms. The number of nitrogens with zero attached hydrogens (tertiary/aromatic N) is 3. The molecule has 0 radical (unpaired) electrons. The third kappa shape index (κ3) is 3.20. The van der Waals surface area contributed by atoms with Gasteiger partial charge in [0.15, 0.2) is 11.5 Å². The minimum absolute atomic E-state index is 0.125. The maximum absolute atomic E-state index is 12.5. The molecule has 2 N–H and O–H groups in total. The first-order chi connectivity index (χ1) is 9.45. The molecular weight excluding hydrogens is 269 g/mol. The van der Waals surface area contributed by atoms with E-state index in [-0.39, 0.29) is 6.04 Å². The lowest BCUT2D eigenvalue weighted by Crippen LogP contribution is -2.47. The second-order valence-electron chi connectivity index (χ2n) is 5.16. The average molecular weight is 288 g/mol. The van der Waals surface area contributed by atoms with Crippen LogP contribution < -0.4 is 10.6 Å². The number of rotatable bonds is 3. The highest BCUT2D eigenvalue weighted by atomic mass is 19.4. The molecule has 112 valence electrons. The van der Waals surface area contributed by atoms with Crippen molar-refractivity contribution in [1.82, 2.24) is 10.2 Å². The van der Waals surface area contributed by atoms with E-state index in [1.165, 1.54) is 6.07 Å². The van der Waals surface area contributed by atoms with Gasteiger partial charge in [-0.1, -0.05) is 13.3 Å². The van der Waals surface area contributed by atoms with Crippen LogP contribution in [0.1, 0.15) is 31.9 Å². The van der Waals surface area contributed by atoms with E-state index >= 15 is 0 Å². The Kier molecular flexibility index (Phi) is 4.47. The monoisotopic (exact) mass is 288 g/mol. The summed E-state index contributed by atoms with van der Waals surface area (Å²) in [6.07, 6.45) is -1.39. The zero-order valence-electron chi connectivity index (χ0n) is 11.4. The number of hydrogen-bond acceptors (Lipinski definition) is 4. The van der Waals surface area contributed by atoms with E-state index in [2.05, 4.69) is 17.1 Å². The van der Waals surface area contributed by atoms with Crippen LogP contribution in [0.5, 0.6) is 0 Å². The van der Waals surface area contributed by atoms with Gasteiger partial charge in [-0.25, -0.2) is 0 Å². The number of aromatic nitrogens is 2. The summed E-state index contributed by atoms with van der Waals surface area (Å²) in [5, 5.41) is 6.99. The average Bonchev–Trinajstić information content (AvgIpc) is 2.45. The van der Waals surface area contributed by atoms with Gasteiger partial charge in [-0.2, -0.15) is 13.2 Å². The van der Waals surface area contributed by atoms with Crippen LogP contribution in [0.25, 0.3) is 0 Å². The molecule has 2 unspecified atom stereocenters. The Bertz CT molecular complexity index is 432. The first-order valence-electron chi connectivity index (χ1n) is 6.83. The first kappa shape index (κ1) is 15.0. The van der Waals surface area contributed by atoms with E-state index in [1.54, 1.807) is 0 Å². The number of piperidine rings is 1. The van der Waals surface area contributed by atoms with Crippen molar-refractivity contribution in [2.24, 2.45) is 11.7 Å². The van der Waals surface area contributed by atoms with Gasteiger partial charge >= 0.3 is 6.18 Å². The molecule has 0 amide bonds. The summed E-state index contributed by atoms with van der Waals surface area (Å²) in [6, 6.07) is 2.48. The Morgan fingerprint density at radius 1 is 1.35 bits per heavy atom. The molecule has 7 heteroatoms. The van der Waals surface area contributed by atoms with E-state index in [4.69, 9.17) is 5.73 Å². The Hall–Kier alpha value is -1.37. The zero-order chi connectivity index (χ0) is 14.8. The van der Waals surface area contributed by atoms with Gasteiger partial charge in [0.25, 0.3) is 0 Å². The van der Waals surface area contributed by atoms with Crippen LogP contribution in [0.2, 0.25) is 0 Å². The van der Waals surface area contributed by atoms with Gasteiger partial charge in [0.1, 0.15) is 0 Å². The van der Waals surface area contributed by atoms with E-state index in [1.807, 2.05) is 4.90 Å². The summed E-state index contributed by atoms with van der Waals surface area (Å²) >= 11 is 0. The van der Waals surface area contributed by atoms with E-state index in [0.29, 0.717) is 18.3 Å². The predicted molar refractivity (Wildman–Crippen MR) is 70.2 cm³/mol. The van der Waals surface area contributed by atoms with Gasteiger partial charge in [-0.15, -0.1) is 10.2 Å². The Morgan fingerprint density at radius 3 is 2.60 bits per heavy atom. The SMILES string of the molecule is CCC1CCN(c2ccc(C(F)(F)F)nn2)C(CN)C1. The molecule has 2 rings (SSSR count). The molecule has 20 heavy (non-hydrogen) atoms. The number of alkyl halides is 3. The van der Waals surface area contributed by atoms with Crippen LogP contribution in [-0.2, 0) is 6.18 Å². The van der Waals surface area contributed by atoms with Crippen LogP contribution in [0.3, 0.4) is 0 Å². The molecule has 1 aromatic rings. The molecule has 0 bridgehead atoms. The smallest absolute Gasteiger partial charge is 0.351 e. The minimum Gasteiger partial charge on any atom is -0.351 e. The quantitative estimate of drug-likeness (QED) is 0.928. The lowest BCUT2D eigenvalue weighted by Gasteiger charge is -2.39. The summed E-state index contributed by atoms with van der Waals surface area (Å²) in [7, 11) is 0. The molecule has 1 aliphatic heterocycles. The van der Waals surface area contributed by atoms with Crippen LogP contribution in [0.15, 0.2) is 12.1 Å². The lowest BCUT2D eigenvalue weighted by molar-refractivity contribution is -0.141. The van der Waals surface area contributed by atoms with Crippen molar-refractivity contribution in [1.29, 1.82) is 0 Å². The van der Waals surface area contributed by atoms with Crippen molar-refractivity contribution >= 4 is 5.82 Å². The third-order valence-corrected chi connectivity index (χ3v) is 3.91. The molecule has 0 aromatic carbocycles. The predicted octanol–water partition coefficient (Wildman–Crippen LogP) is 2.45. The summed E-state index contributed by atoms with van der Waals surface area (Å²) in [5.74, 6) is 1.10. The van der Waals surface area contributed by atoms with Crippen LogP contribution in [0, 0.1) is 5.92 Å². The molecular formula is C13H19F3N4. The minimum atomic E-state index is -4.45. The molecule has 1 fully saturated rings. The number of hydrogen-bond donors (Lipinski definition) is 1. The summed E-state index contributed by atoms with van der Waals surface area (Å²) in [5.41, 5.74) is 4.81. The summed E-state index contributed by atoms with van der Waals surface area (Å²) in [6.45, 7) is 3.38. The lowest BCUT2D eigenvalue weighted by atomic mass is 9.89. The van der Waals surface area contributed by atoms with Gasteiger partial charge in [0, 0.05) is 19.1 Å². The molecule has 1 saturated heterocycles. The van der Waals surface area contributed by atoms with Crippen molar-refractivity contribution in [3.8, 4) is 0 Å². The maximum Gasteiger partial charge on any atom is 0.435 e. The molecule has 4 nitrogen and oxygen atoms in total. The third-order valence-electron chi connectivity index (χ3n) is 3.91. The van der Waals surface area contributed by atoms with Crippen LogP contribution in [0.4, 0.5) is 19.0 Å². The Morgan fingerprint density at radius 2 is 2.10 bits per heavy atom. The van der Waals surface area contributed by atoms with Crippen molar-refractivity contribution in [3.05, 3.63) is 17.8 Å². The standard InChI is InChI=1S/C13H19F3N4/c1-2-9-5-6-20(10(7-9)8-17)12-4-3-11(18-19-12)13(14,15)16/h3-4,9-10H,2,5-8,17H2,1H3. The van der Waals surface area contributed by atoms with Gasteiger partial charge < -0.3 is 10.6 Å². The van der Waals surface area contributed by atoms with E-state index < -0.39 is 11.9 Å². The Balaban J connectivity index is 2.14. The van der Waals surface area contributed by atoms with Crippen molar-refractivity contribution in [2.75, 3.05) is 18.0 Å². The fraction of sp³-hybridized carbons (Fsp3) is 0.692. The fourth-order valence-corrected chi connectivity index (χ4v) is 2.66. The second kappa shape index (κ2) is 5.95.